The van der Waals surface area contributed by atoms with E-state index >= 15 is 0 Å². The summed E-state index contributed by atoms with van der Waals surface area (Å²) in [5.74, 6) is -1.46. The zero-order chi connectivity index (χ0) is 17.8. The van der Waals surface area contributed by atoms with E-state index in [4.69, 9.17) is 0 Å². The number of nitrogens with one attached hydrogen (secondary N) is 1. The van der Waals surface area contributed by atoms with Gasteiger partial charge >= 0.3 is 5.97 Å². The molecule has 1 aromatic carbocycles. The minimum atomic E-state index is -0.890. The lowest BCUT2D eigenvalue weighted by molar-refractivity contribution is -0.142. The van der Waals surface area contributed by atoms with E-state index in [0.29, 0.717) is 13.0 Å². The summed E-state index contributed by atoms with van der Waals surface area (Å²) in [4.78, 5) is 26.4. The van der Waals surface area contributed by atoms with E-state index in [1.807, 2.05) is 17.5 Å². The molecule has 0 saturated carbocycles. The van der Waals surface area contributed by atoms with Gasteiger partial charge in [0, 0.05) is 4.88 Å². The van der Waals surface area contributed by atoms with Crippen molar-refractivity contribution in [3.8, 4) is 0 Å². The molecule has 5 nitrogen and oxygen atoms in total. The highest BCUT2D eigenvalue weighted by atomic mass is 32.1. The van der Waals surface area contributed by atoms with E-state index in [0.717, 1.165) is 16.9 Å². The fraction of sp³-hybridized carbons (Fsp3) is 0.333. The Balaban J connectivity index is 1.73. The second kappa shape index (κ2) is 7.76. The third kappa shape index (κ3) is 4.24. The third-order valence-electron chi connectivity index (χ3n) is 4.33. The van der Waals surface area contributed by atoms with E-state index in [-0.39, 0.29) is 24.3 Å². The van der Waals surface area contributed by atoms with Crippen LogP contribution < -0.4 is 5.32 Å². The standard InChI is InChI=1S/C18H19FN2O3S/c19-13-7-5-12(6-8-13)17(15-4-2-10-25-15)20-16(22)11-21-9-1-3-14(21)18(23)24/h2,4-8,10,14,17H,1,3,9,11H2,(H,20,22)(H,23,24)/t14-,17+/m0/s1. The topological polar surface area (TPSA) is 69.6 Å². The van der Waals surface area contributed by atoms with E-state index < -0.39 is 12.0 Å². The van der Waals surface area contributed by atoms with Crippen molar-refractivity contribution in [2.45, 2.75) is 24.9 Å². The maximum absolute atomic E-state index is 13.2. The van der Waals surface area contributed by atoms with Crippen LogP contribution in [-0.4, -0.2) is 41.0 Å². The second-order valence-electron chi connectivity index (χ2n) is 6.03. The number of rotatable bonds is 6. The minimum Gasteiger partial charge on any atom is -0.480 e. The third-order valence-corrected chi connectivity index (χ3v) is 5.27. The molecule has 2 aromatic rings. The Morgan fingerprint density at radius 3 is 2.72 bits per heavy atom. The van der Waals surface area contributed by atoms with Gasteiger partial charge in [-0.05, 0) is 48.5 Å². The average Bonchev–Trinajstić information content (AvgIpc) is 3.25. The zero-order valence-corrected chi connectivity index (χ0v) is 14.3. The van der Waals surface area contributed by atoms with Crippen LogP contribution in [0, 0.1) is 5.82 Å². The monoisotopic (exact) mass is 362 g/mol. The van der Waals surface area contributed by atoms with Gasteiger partial charge in [-0.1, -0.05) is 18.2 Å². The van der Waals surface area contributed by atoms with Gasteiger partial charge < -0.3 is 10.4 Å². The predicted molar refractivity (Wildman–Crippen MR) is 92.9 cm³/mol. The summed E-state index contributed by atoms with van der Waals surface area (Å²) in [6.45, 7) is 0.643. The van der Waals surface area contributed by atoms with Gasteiger partial charge in [0.15, 0.2) is 0 Å². The van der Waals surface area contributed by atoms with Crippen LogP contribution in [0.4, 0.5) is 4.39 Å². The number of carbonyl (C=O) groups is 2. The van der Waals surface area contributed by atoms with Crippen LogP contribution in [0.2, 0.25) is 0 Å². The molecule has 1 aliphatic rings. The second-order valence-corrected chi connectivity index (χ2v) is 7.01. The summed E-state index contributed by atoms with van der Waals surface area (Å²) in [7, 11) is 0. The molecule has 7 heteroatoms. The van der Waals surface area contributed by atoms with Crippen molar-refractivity contribution in [3.63, 3.8) is 0 Å². The molecule has 0 radical (unpaired) electrons. The summed E-state index contributed by atoms with van der Waals surface area (Å²) < 4.78 is 13.2. The summed E-state index contributed by atoms with van der Waals surface area (Å²) in [5, 5.41) is 14.1. The van der Waals surface area contributed by atoms with Crippen molar-refractivity contribution in [3.05, 3.63) is 58.0 Å². The normalized spacial score (nSPS) is 18.8. The Bertz CT molecular complexity index is 733. The van der Waals surface area contributed by atoms with Crippen LogP contribution in [0.15, 0.2) is 41.8 Å². The van der Waals surface area contributed by atoms with Gasteiger partial charge in [0.05, 0.1) is 12.6 Å². The van der Waals surface area contributed by atoms with Crippen molar-refractivity contribution >= 4 is 23.2 Å². The van der Waals surface area contributed by atoms with E-state index in [1.54, 1.807) is 17.0 Å². The highest BCUT2D eigenvalue weighted by molar-refractivity contribution is 7.10. The molecule has 1 fully saturated rings. The highest BCUT2D eigenvalue weighted by Crippen LogP contribution is 2.26. The van der Waals surface area contributed by atoms with Crippen molar-refractivity contribution in [2.24, 2.45) is 0 Å². The summed E-state index contributed by atoms with van der Waals surface area (Å²) in [6.07, 6.45) is 1.34. The van der Waals surface area contributed by atoms with Crippen molar-refractivity contribution in [1.82, 2.24) is 10.2 Å². The quantitative estimate of drug-likeness (QED) is 0.829. The van der Waals surface area contributed by atoms with Crippen molar-refractivity contribution in [1.29, 1.82) is 0 Å². The van der Waals surface area contributed by atoms with Crippen LogP contribution >= 0.6 is 11.3 Å². The van der Waals surface area contributed by atoms with Gasteiger partial charge in [0.1, 0.15) is 11.9 Å². The number of benzene rings is 1. The number of nitrogens with zero attached hydrogens (tertiary/aromatic N) is 1. The van der Waals surface area contributed by atoms with Crippen LogP contribution in [0.3, 0.4) is 0 Å². The fourth-order valence-corrected chi connectivity index (χ4v) is 3.92. The first-order chi connectivity index (χ1) is 12.0. The Hall–Kier alpha value is -2.25. The van der Waals surface area contributed by atoms with Gasteiger partial charge in [0.2, 0.25) is 5.91 Å². The number of thiophene rings is 1. The molecule has 3 rings (SSSR count). The van der Waals surface area contributed by atoms with Crippen LogP contribution in [0.1, 0.15) is 29.3 Å². The molecule has 1 aromatic heterocycles. The molecule has 2 heterocycles. The smallest absolute Gasteiger partial charge is 0.320 e. The molecule has 25 heavy (non-hydrogen) atoms. The number of aliphatic carboxylic acids is 1. The van der Waals surface area contributed by atoms with Crippen LogP contribution in [0.5, 0.6) is 0 Å². The first-order valence-corrected chi connectivity index (χ1v) is 8.97. The van der Waals surface area contributed by atoms with E-state index in [1.165, 1.54) is 23.5 Å². The number of hydrogen-bond acceptors (Lipinski definition) is 4. The van der Waals surface area contributed by atoms with E-state index in [9.17, 15) is 19.1 Å². The molecular weight excluding hydrogens is 343 g/mol. The Morgan fingerprint density at radius 1 is 1.32 bits per heavy atom. The number of carbonyl (C=O) groups excluding carboxylic acids is 1. The van der Waals surface area contributed by atoms with E-state index in [2.05, 4.69) is 5.32 Å². The fourth-order valence-electron chi connectivity index (χ4n) is 3.12. The highest BCUT2D eigenvalue weighted by Gasteiger charge is 2.32. The maximum atomic E-state index is 13.2. The summed E-state index contributed by atoms with van der Waals surface area (Å²) in [5.41, 5.74) is 0.786. The number of halogens is 1. The molecule has 2 atom stereocenters. The largest absolute Gasteiger partial charge is 0.480 e. The lowest BCUT2D eigenvalue weighted by atomic mass is 10.1. The van der Waals surface area contributed by atoms with Crippen molar-refractivity contribution in [2.75, 3.05) is 13.1 Å². The number of hydrogen-bond donors (Lipinski definition) is 2. The van der Waals surface area contributed by atoms with Gasteiger partial charge in [-0.3, -0.25) is 14.5 Å². The SMILES string of the molecule is O=C(CN1CCC[C@H]1C(=O)O)N[C@H](c1ccc(F)cc1)c1cccs1. The molecule has 1 aliphatic heterocycles. The maximum Gasteiger partial charge on any atom is 0.320 e. The molecule has 0 aliphatic carbocycles. The predicted octanol–water partition coefficient (Wildman–Crippen LogP) is 2.64. The number of likely N-dealkylation sites (tertiary alicyclic amines) is 1. The Kier molecular flexibility index (Phi) is 5.45. The lowest BCUT2D eigenvalue weighted by Crippen LogP contribution is -2.43. The minimum absolute atomic E-state index is 0.0417. The van der Waals surface area contributed by atoms with Crippen LogP contribution in [0.25, 0.3) is 0 Å². The molecule has 1 amide bonds. The van der Waals surface area contributed by atoms with Gasteiger partial charge in [-0.25, -0.2) is 4.39 Å². The molecule has 0 bridgehead atoms. The average molecular weight is 362 g/mol. The number of amides is 1. The first-order valence-electron chi connectivity index (χ1n) is 8.09. The number of carboxylic acid groups (broad SMARTS) is 1. The summed E-state index contributed by atoms with van der Waals surface area (Å²) >= 11 is 1.50. The first kappa shape index (κ1) is 17.6. The number of carboxylic acids is 1. The van der Waals surface area contributed by atoms with Crippen LogP contribution in [-0.2, 0) is 9.59 Å². The van der Waals surface area contributed by atoms with Crippen molar-refractivity contribution < 1.29 is 19.1 Å². The van der Waals surface area contributed by atoms with Gasteiger partial charge in [-0.15, -0.1) is 11.3 Å². The molecule has 2 N–H and O–H groups in total. The Labute approximate surface area is 149 Å². The molecule has 0 unspecified atom stereocenters. The zero-order valence-electron chi connectivity index (χ0n) is 13.5. The molecular formula is C18H19FN2O3S. The summed E-state index contributed by atoms with van der Waals surface area (Å²) in [6, 6.07) is 8.85. The Morgan fingerprint density at radius 2 is 2.08 bits per heavy atom. The van der Waals surface area contributed by atoms with Gasteiger partial charge in [0.25, 0.3) is 0 Å². The molecule has 0 spiro atoms. The lowest BCUT2D eigenvalue weighted by Gasteiger charge is -2.23. The molecule has 1 saturated heterocycles. The molecule has 132 valence electrons. The van der Waals surface area contributed by atoms with Gasteiger partial charge in [-0.2, -0.15) is 0 Å².